The van der Waals surface area contributed by atoms with Crippen LogP contribution in [0.1, 0.15) is 17.0 Å². The van der Waals surface area contributed by atoms with Crippen LogP contribution in [-0.4, -0.2) is 46.3 Å². The fourth-order valence-corrected chi connectivity index (χ4v) is 3.06. The van der Waals surface area contributed by atoms with Crippen LogP contribution in [-0.2, 0) is 31.3 Å². The first kappa shape index (κ1) is 15.0. The monoisotopic (exact) mass is 302 g/mol. The number of hydrogen-bond acceptors (Lipinski definition) is 5. The van der Waals surface area contributed by atoms with E-state index >= 15 is 0 Å². The van der Waals surface area contributed by atoms with Gasteiger partial charge in [0.05, 0.1) is 25.7 Å². The van der Waals surface area contributed by atoms with Crippen LogP contribution in [0.15, 0.2) is 24.7 Å². The highest BCUT2D eigenvalue weighted by Gasteiger charge is 2.29. The summed E-state index contributed by atoms with van der Waals surface area (Å²) < 4.78 is 12.9. The van der Waals surface area contributed by atoms with Crippen molar-refractivity contribution < 1.29 is 9.47 Å². The summed E-state index contributed by atoms with van der Waals surface area (Å²) in [7, 11) is 5.46. The van der Waals surface area contributed by atoms with Crippen molar-refractivity contribution in [3.05, 3.63) is 41.6 Å². The molecule has 0 aliphatic carbocycles. The minimum atomic E-state index is 0.331. The molecule has 0 unspecified atom stereocenters. The summed E-state index contributed by atoms with van der Waals surface area (Å²) in [5.74, 6) is 0.686. The van der Waals surface area contributed by atoms with E-state index in [0.717, 1.165) is 30.8 Å². The van der Waals surface area contributed by atoms with E-state index < -0.39 is 0 Å². The number of rotatable bonds is 5. The number of hydrogen-bond donors (Lipinski definition) is 0. The SMILES string of the molecule is COC[C@@H]1Cc2c(ncn2C)CN1Cc1cccnc1OC. The lowest BCUT2D eigenvalue weighted by Gasteiger charge is -2.35. The van der Waals surface area contributed by atoms with Gasteiger partial charge in [0, 0.05) is 57.2 Å². The number of imidazole rings is 1. The topological polar surface area (TPSA) is 52.4 Å². The normalized spacial score (nSPS) is 18.2. The summed E-state index contributed by atoms with van der Waals surface area (Å²) in [6.07, 6.45) is 4.59. The van der Waals surface area contributed by atoms with Crippen LogP contribution >= 0.6 is 0 Å². The fraction of sp³-hybridized carbons (Fsp3) is 0.500. The molecule has 1 aliphatic heterocycles. The van der Waals surface area contributed by atoms with E-state index in [0.29, 0.717) is 18.5 Å². The Hall–Kier alpha value is -1.92. The van der Waals surface area contributed by atoms with Crippen molar-refractivity contribution in [3.63, 3.8) is 0 Å². The Morgan fingerprint density at radius 1 is 1.32 bits per heavy atom. The average molecular weight is 302 g/mol. The van der Waals surface area contributed by atoms with Crippen molar-refractivity contribution in [3.8, 4) is 5.88 Å². The standard InChI is InChI=1S/C16H22N4O2/c1-19-11-18-14-9-20(13(10-21-2)7-15(14)19)8-12-5-4-6-17-16(12)22-3/h4-6,11,13H,7-10H2,1-3H3/t13-/m0/s1. The summed E-state index contributed by atoms with van der Waals surface area (Å²) in [5.41, 5.74) is 3.54. The highest BCUT2D eigenvalue weighted by Crippen LogP contribution is 2.26. The largest absolute Gasteiger partial charge is 0.481 e. The first-order valence-electron chi connectivity index (χ1n) is 7.43. The van der Waals surface area contributed by atoms with Gasteiger partial charge in [0.15, 0.2) is 0 Å². The molecule has 6 nitrogen and oxygen atoms in total. The van der Waals surface area contributed by atoms with Crippen molar-refractivity contribution in [2.75, 3.05) is 20.8 Å². The molecule has 0 saturated heterocycles. The van der Waals surface area contributed by atoms with Gasteiger partial charge in [-0.3, -0.25) is 4.90 Å². The molecule has 6 heteroatoms. The summed E-state index contributed by atoms with van der Waals surface area (Å²) in [4.78, 5) is 11.2. The maximum atomic E-state index is 5.42. The number of nitrogens with zero attached hydrogens (tertiary/aromatic N) is 4. The van der Waals surface area contributed by atoms with Gasteiger partial charge in [-0.15, -0.1) is 0 Å². The van der Waals surface area contributed by atoms with Gasteiger partial charge in [-0.05, 0) is 6.07 Å². The van der Waals surface area contributed by atoms with Gasteiger partial charge in [0.2, 0.25) is 5.88 Å². The van der Waals surface area contributed by atoms with E-state index in [2.05, 4.69) is 32.5 Å². The maximum Gasteiger partial charge on any atom is 0.217 e. The van der Waals surface area contributed by atoms with Crippen molar-refractivity contribution in [2.45, 2.75) is 25.6 Å². The molecule has 22 heavy (non-hydrogen) atoms. The molecule has 3 rings (SSSR count). The van der Waals surface area contributed by atoms with E-state index in [1.807, 2.05) is 12.4 Å². The minimum Gasteiger partial charge on any atom is -0.481 e. The summed E-state index contributed by atoms with van der Waals surface area (Å²) in [6, 6.07) is 4.33. The number of methoxy groups -OCH3 is 2. The zero-order valence-electron chi connectivity index (χ0n) is 13.3. The Morgan fingerprint density at radius 3 is 2.95 bits per heavy atom. The van der Waals surface area contributed by atoms with E-state index in [1.165, 1.54) is 5.69 Å². The first-order valence-corrected chi connectivity index (χ1v) is 7.43. The second kappa shape index (κ2) is 6.46. The van der Waals surface area contributed by atoms with Crippen LogP contribution in [0.4, 0.5) is 0 Å². The molecule has 0 N–H and O–H groups in total. The van der Waals surface area contributed by atoms with E-state index in [4.69, 9.17) is 9.47 Å². The van der Waals surface area contributed by atoms with Crippen LogP contribution in [0.2, 0.25) is 0 Å². The molecule has 118 valence electrons. The highest BCUT2D eigenvalue weighted by molar-refractivity contribution is 5.26. The Bertz CT molecular complexity index is 641. The number of ether oxygens (including phenoxy) is 2. The Labute approximate surface area is 130 Å². The second-order valence-corrected chi connectivity index (χ2v) is 5.64. The quantitative estimate of drug-likeness (QED) is 0.835. The molecule has 0 fully saturated rings. The van der Waals surface area contributed by atoms with Gasteiger partial charge >= 0.3 is 0 Å². The fourth-order valence-electron chi connectivity index (χ4n) is 3.06. The number of pyridine rings is 1. The molecule has 0 spiro atoms. The molecule has 0 saturated carbocycles. The summed E-state index contributed by atoms with van der Waals surface area (Å²) >= 11 is 0. The lowest BCUT2D eigenvalue weighted by Crippen LogP contribution is -2.43. The van der Waals surface area contributed by atoms with Crippen LogP contribution in [0.5, 0.6) is 5.88 Å². The van der Waals surface area contributed by atoms with Crippen LogP contribution in [0, 0.1) is 0 Å². The van der Waals surface area contributed by atoms with Crippen molar-refractivity contribution in [2.24, 2.45) is 7.05 Å². The Kier molecular flexibility index (Phi) is 4.40. The summed E-state index contributed by atoms with van der Waals surface area (Å²) in [6.45, 7) is 2.30. The third kappa shape index (κ3) is 2.84. The molecule has 2 aromatic rings. The smallest absolute Gasteiger partial charge is 0.217 e. The van der Waals surface area contributed by atoms with E-state index in [9.17, 15) is 0 Å². The predicted octanol–water partition coefficient (Wildman–Crippen LogP) is 1.40. The Balaban J connectivity index is 1.84. The molecular formula is C16H22N4O2. The van der Waals surface area contributed by atoms with Crippen LogP contribution in [0.3, 0.4) is 0 Å². The molecular weight excluding hydrogens is 280 g/mol. The number of fused-ring (bicyclic) bond motifs is 1. The van der Waals surface area contributed by atoms with E-state index in [1.54, 1.807) is 20.4 Å². The lowest BCUT2D eigenvalue weighted by molar-refractivity contribution is 0.0694. The van der Waals surface area contributed by atoms with Crippen molar-refractivity contribution in [1.29, 1.82) is 0 Å². The average Bonchev–Trinajstić information content (AvgIpc) is 2.89. The minimum absolute atomic E-state index is 0.331. The number of aromatic nitrogens is 3. The third-order valence-corrected chi connectivity index (χ3v) is 4.22. The molecule has 0 amide bonds. The van der Waals surface area contributed by atoms with Crippen molar-refractivity contribution in [1.82, 2.24) is 19.4 Å². The molecule has 0 radical (unpaired) electrons. The molecule has 2 aromatic heterocycles. The molecule has 1 aliphatic rings. The van der Waals surface area contributed by atoms with Gasteiger partial charge in [0.25, 0.3) is 0 Å². The van der Waals surface area contributed by atoms with E-state index in [-0.39, 0.29) is 0 Å². The molecule has 0 aromatic carbocycles. The van der Waals surface area contributed by atoms with Gasteiger partial charge in [0.1, 0.15) is 0 Å². The Morgan fingerprint density at radius 2 is 2.18 bits per heavy atom. The van der Waals surface area contributed by atoms with Crippen LogP contribution in [0.25, 0.3) is 0 Å². The zero-order valence-corrected chi connectivity index (χ0v) is 13.3. The second-order valence-electron chi connectivity index (χ2n) is 5.64. The summed E-state index contributed by atoms with van der Waals surface area (Å²) in [5, 5.41) is 0. The predicted molar refractivity (Wildman–Crippen MR) is 82.6 cm³/mol. The molecule has 1 atom stereocenters. The molecule has 0 bridgehead atoms. The maximum absolute atomic E-state index is 5.42. The van der Waals surface area contributed by atoms with Crippen LogP contribution < -0.4 is 4.74 Å². The molecule has 3 heterocycles. The zero-order chi connectivity index (χ0) is 15.5. The van der Waals surface area contributed by atoms with Crippen molar-refractivity contribution >= 4 is 0 Å². The first-order chi connectivity index (χ1) is 10.7. The van der Waals surface area contributed by atoms with Gasteiger partial charge < -0.3 is 14.0 Å². The van der Waals surface area contributed by atoms with Gasteiger partial charge in [-0.25, -0.2) is 9.97 Å². The third-order valence-electron chi connectivity index (χ3n) is 4.22. The number of aryl methyl sites for hydroxylation is 1. The lowest BCUT2D eigenvalue weighted by atomic mass is 10.0. The van der Waals surface area contributed by atoms with Gasteiger partial charge in [-0.1, -0.05) is 6.07 Å². The van der Waals surface area contributed by atoms with Gasteiger partial charge in [-0.2, -0.15) is 0 Å². The highest BCUT2D eigenvalue weighted by atomic mass is 16.5.